The maximum Gasteiger partial charge on any atom is 0.239 e. The maximum absolute atomic E-state index is 12.6. The zero-order valence-electron chi connectivity index (χ0n) is 14.9. The van der Waals surface area contributed by atoms with Crippen LogP contribution in [0.25, 0.3) is 0 Å². The lowest BCUT2D eigenvalue weighted by molar-refractivity contribution is -0.132. The molecule has 2 aromatic rings. The summed E-state index contributed by atoms with van der Waals surface area (Å²) >= 11 is 1.91. The van der Waals surface area contributed by atoms with Gasteiger partial charge >= 0.3 is 0 Å². The predicted molar refractivity (Wildman–Crippen MR) is 103 cm³/mol. The molecule has 0 saturated carbocycles. The van der Waals surface area contributed by atoms with E-state index >= 15 is 0 Å². The van der Waals surface area contributed by atoms with Crippen LogP contribution in [0.2, 0.25) is 0 Å². The second-order valence-electron chi connectivity index (χ2n) is 7.20. The first-order valence-corrected chi connectivity index (χ1v) is 9.64. The summed E-state index contributed by atoms with van der Waals surface area (Å²) in [5.41, 5.74) is 8.27. The first-order valence-electron chi connectivity index (χ1n) is 8.66. The number of amides is 1. The number of imidazole rings is 1. The molecule has 1 saturated heterocycles. The van der Waals surface area contributed by atoms with E-state index in [9.17, 15) is 4.79 Å². The number of benzene rings is 1. The molecular weight excluding hydrogens is 332 g/mol. The molecule has 1 aromatic heterocycles. The summed E-state index contributed by atoms with van der Waals surface area (Å²) in [5.74, 6) is 1.00. The van der Waals surface area contributed by atoms with Gasteiger partial charge in [-0.25, -0.2) is 4.98 Å². The monoisotopic (exact) mass is 358 g/mol. The molecule has 0 radical (unpaired) electrons. The van der Waals surface area contributed by atoms with Crippen molar-refractivity contribution >= 4 is 17.7 Å². The molecule has 1 fully saturated rings. The van der Waals surface area contributed by atoms with Crippen molar-refractivity contribution in [3.05, 3.63) is 54.1 Å². The SMILES string of the molecule is CC1(C)CN(C(=O)[C@@H](N)Cc2cn(Cc3ccccc3)cn2)CCS1. The van der Waals surface area contributed by atoms with Gasteiger partial charge in [0.25, 0.3) is 0 Å². The van der Waals surface area contributed by atoms with Crippen LogP contribution >= 0.6 is 11.8 Å². The number of carbonyl (C=O) groups excluding carboxylic acids is 1. The summed E-state index contributed by atoms with van der Waals surface area (Å²) in [6.45, 7) is 6.66. The predicted octanol–water partition coefficient (Wildman–Crippen LogP) is 2.16. The van der Waals surface area contributed by atoms with Gasteiger partial charge in [-0.1, -0.05) is 30.3 Å². The first-order chi connectivity index (χ1) is 11.9. The lowest BCUT2D eigenvalue weighted by Crippen LogP contribution is -2.52. The molecule has 0 aliphatic carbocycles. The van der Waals surface area contributed by atoms with Gasteiger partial charge in [0.1, 0.15) is 0 Å². The highest BCUT2D eigenvalue weighted by molar-refractivity contribution is 8.00. The third kappa shape index (κ3) is 4.86. The van der Waals surface area contributed by atoms with Crippen molar-refractivity contribution in [2.75, 3.05) is 18.8 Å². The summed E-state index contributed by atoms with van der Waals surface area (Å²) in [6.07, 6.45) is 4.26. The lowest BCUT2D eigenvalue weighted by atomic mass is 10.1. The van der Waals surface area contributed by atoms with E-state index in [1.54, 1.807) is 6.33 Å². The molecular formula is C19H26N4OS. The van der Waals surface area contributed by atoms with E-state index < -0.39 is 6.04 Å². The van der Waals surface area contributed by atoms with Gasteiger partial charge in [-0.05, 0) is 19.4 Å². The lowest BCUT2D eigenvalue weighted by Gasteiger charge is -2.38. The summed E-state index contributed by atoms with van der Waals surface area (Å²) < 4.78 is 2.13. The summed E-state index contributed by atoms with van der Waals surface area (Å²) in [6, 6.07) is 9.71. The molecule has 25 heavy (non-hydrogen) atoms. The molecule has 6 heteroatoms. The fraction of sp³-hybridized carbons (Fsp3) is 0.474. The van der Waals surface area contributed by atoms with Gasteiger partial charge in [-0.15, -0.1) is 0 Å². The fourth-order valence-corrected chi connectivity index (χ4v) is 4.26. The smallest absolute Gasteiger partial charge is 0.239 e. The van der Waals surface area contributed by atoms with Crippen molar-refractivity contribution in [1.29, 1.82) is 0 Å². The summed E-state index contributed by atoms with van der Waals surface area (Å²) in [4.78, 5) is 19.0. The van der Waals surface area contributed by atoms with Crippen LogP contribution in [0.4, 0.5) is 0 Å². The van der Waals surface area contributed by atoms with Crippen LogP contribution in [-0.4, -0.2) is 50.0 Å². The highest BCUT2D eigenvalue weighted by Crippen LogP contribution is 2.29. The van der Waals surface area contributed by atoms with E-state index in [1.807, 2.05) is 45.6 Å². The van der Waals surface area contributed by atoms with Crippen molar-refractivity contribution in [3.63, 3.8) is 0 Å². The van der Waals surface area contributed by atoms with Crippen LogP contribution in [0, 0.1) is 0 Å². The molecule has 1 atom stereocenters. The number of thioether (sulfide) groups is 1. The quantitative estimate of drug-likeness (QED) is 0.890. The Labute approximate surface area is 153 Å². The Morgan fingerprint density at radius 2 is 2.12 bits per heavy atom. The first kappa shape index (κ1) is 18.0. The van der Waals surface area contributed by atoms with E-state index in [4.69, 9.17) is 5.73 Å². The molecule has 5 nitrogen and oxygen atoms in total. The highest BCUT2D eigenvalue weighted by Gasteiger charge is 2.32. The number of carbonyl (C=O) groups is 1. The Morgan fingerprint density at radius 3 is 2.84 bits per heavy atom. The summed E-state index contributed by atoms with van der Waals surface area (Å²) in [7, 11) is 0. The van der Waals surface area contributed by atoms with E-state index in [2.05, 4.69) is 31.0 Å². The minimum Gasteiger partial charge on any atom is -0.339 e. The molecule has 1 aromatic carbocycles. The Morgan fingerprint density at radius 1 is 1.36 bits per heavy atom. The zero-order chi connectivity index (χ0) is 17.9. The van der Waals surface area contributed by atoms with Gasteiger partial charge in [-0.2, -0.15) is 11.8 Å². The van der Waals surface area contributed by atoms with Crippen LogP contribution < -0.4 is 5.73 Å². The number of rotatable bonds is 5. The van der Waals surface area contributed by atoms with E-state index in [-0.39, 0.29) is 10.7 Å². The molecule has 3 rings (SSSR count). The Balaban J connectivity index is 1.57. The van der Waals surface area contributed by atoms with Crippen molar-refractivity contribution in [1.82, 2.24) is 14.5 Å². The third-order valence-electron chi connectivity index (χ3n) is 4.38. The van der Waals surface area contributed by atoms with Crippen molar-refractivity contribution in [3.8, 4) is 0 Å². The topological polar surface area (TPSA) is 64.2 Å². The Hall–Kier alpha value is -1.79. The second-order valence-corrected chi connectivity index (χ2v) is 9.00. The van der Waals surface area contributed by atoms with E-state index in [1.165, 1.54) is 5.56 Å². The van der Waals surface area contributed by atoms with Gasteiger partial charge in [0.15, 0.2) is 0 Å². The maximum atomic E-state index is 12.6. The molecule has 0 bridgehead atoms. The minimum atomic E-state index is -0.529. The normalized spacial score (nSPS) is 18.1. The minimum absolute atomic E-state index is 0.0333. The second kappa shape index (κ2) is 7.62. The molecule has 1 aliphatic heterocycles. The molecule has 0 unspecified atom stereocenters. The molecule has 1 amide bonds. The van der Waals surface area contributed by atoms with Crippen LogP contribution in [0.1, 0.15) is 25.1 Å². The van der Waals surface area contributed by atoms with Gasteiger partial charge in [0, 0.05) is 42.8 Å². The Bertz CT molecular complexity index is 713. The van der Waals surface area contributed by atoms with Crippen LogP contribution in [0.15, 0.2) is 42.9 Å². The van der Waals surface area contributed by atoms with Crippen LogP contribution in [-0.2, 0) is 17.8 Å². The number of nitrogens with two attached hydrogens (primary N) is 1. The van der Waals surface area contributed by atoms with Crippen molar-refractivity contribution in [2.45, 2.75) is 37.6 Å². The van der Waals surface area contributed by atoms with Crippen molar-refractivity contribution < 1.29 is 4.79 Å². The van der Waals surface area contributed by atoms with Gasteiger partial charge in [0.2, 0.25) is 5.91 Å². The van der Waals surface area contributed by atoms with E-state index in [0.29, 0.717) is 6.42 Å². The number of hydrogen-bond donors (Lipinski definition) is 1. The molecule has 0 spiro atoms. The van der Waals surface area contributed by atoms with Crippen molar-refractivity contribution in [2.24, 2.45) is 5.73 Å². The largest absolute Gasteiger partial charge is 0.339 e. The van der Waals surface area contributed by atoms with Gasteiger partial charge < -0.3 is 15.2 Å². The molecule has 2 heterocycles. The highest BCUT2D eigenvalue weighted by atomic mass is 32.2. The number of aromatic nitrogens is 2. The third-order valence-corrected chi connectivity index (χ3v) is 5.68. The van der Waals surface area contributed by atoms with E-state index in [0.717, 1.165) is 31.1 Å². The average molecular weight is 359 g/mol. The summed E-state index contributed by atoms with van der Waals surface area (Å²) in [5, 5.41) is 0. The standard InChI is InChI=1S/C19H26N4OS/c1-19(2)13-23(8-9-25-19)18(24)17(20)10-16-12-22(14-21-16)11-15-6-4-3-5-7-15/h3-7,12,14,17H,8-11,13,20H2,1-2H3/t17-/m0/s1. The van der Waals surface area contributed by atoms with Crippen LogP contribution in [0.3, 0.4) is 0 Å². The molecule has 1 aliphatic rings. The molecule has 134 valence electrons. The average Bonchev–Trinajstić information content (AvgIpc) is 3.01. The zero-order valence-corrected chi connectivity index (χ0v) is 15.7. The van der Waals surface area contributed by atoms with Crippen LogP contribution in [0.5, 0.6) is 0 Å². The molecule has 2 N–H and O–H groups in total. The fourth-order valence-electron chi connectivity index (χ4n) is 3.14. The van der Waals surface area contributed by atoms with Gasteiger partial charge in [0.05, 0.1) is 18.1 Å². The van der Waals surface area contributed by atoms with Gasteiger partial charge in [-0.3, -0.25) is 4.79 Å². The number of nitrogens with zero attached hydrogens (tertiary/aromatic N) is 3. The number of hydrogen-bond acceptors (Lipinski definition) is 4. The Kier molecular flexibility index (Phi) is 5.49.